The topological polar surface area (TPSA) is 208 Å². The minimum absolute atomic E-state index is 0.332. The van der Waals surface area contributed by atoms with Crippen molar-refractivity contribution in [2.24, 2.45) is 11.7 Å². The Morgan fingerprint density at radius 3 is 1.91 bits per heavy atom. The zero-order chi connectivity index (χ0) is 25.7. The van der Waals surface area contributed by atoms with Crippen molar-refractivity contribution < 1.29 is 39.3 Å². The summed E-state index contributed by atoms with van der Waals surface area (Å²) in [6.45, 7) is 4.76. The highest BCUT2D eigenvalue weighted by molar-refractivity contribution is 7.98. The SMILES string of the molecule is CCC(C)C(NC(=O)C(N)CCSC)C(=O)NC(C(=O)NC(CCC(=O)O)C(=O)O)C(C)O. The summed E-state index contributed by atoms with van der Waals surface area (Å²) in [5.41, 5.74) is 5.87. The number of carbonyl (C=O) groups is 5. The third-order valence-electron chi connectivity index (χ3n) is 5.09. The molecule has 0 fully saturated rings. The van der Waals surface area contributed by atoms with Gasteiger partial charge in [-0.2, -0.15) is 11.8 Å². The Balaban J connectivity index is 5.42. The Hall–Kier alpha value is -2.38. The number of aliphatic hydroxyl groups excluding tert-OH is 1. The van der Waals surface area contributed by atoms with Gasteiger partial charge in [-0.05, 0) is 37.7 Å². The largest absolute Gasteiger partial charge is 0.481 e. The maximum atomic E-state index is 12.9. The number of carboxylic acid groups (broad SMARTS) is 2. The number of amides is 3. The van der Waals surface area contributed by atoms with Gasteiger partial charge in [0.25, 0.3) is 0 Å². The van der Waals surface area contributed by atoms with Crippen LogP contribution in [0.2, 0.25) is 0 Å². The predicted octanol–water partition coefficient (Wildman–Crippen LogP) is -1.10. The minimum atomic E-state index is -1.53. The smallest absolute Gasteiger partial charge is 0.326 e. The lowest BCUT2D eigenvalue weighted by Gasteiger charge is -2.28. The third-order valence-corrected chi connectivity index (χ3v) is 5.73. The molecule has 0 heterocycles. The van der Waals surface area contributed by atoms with Gasteiger partial charge < -0.3 is 37.0 Å². The summed E-state index contributed by atoms with van der Waals surface area (Å²) in [5.74, 6) is -4.63. The molecule has 0 aliphatic rings. The first-order valence-electron chi connectivity index (χ1n) is 10.6. The number of aliphatic hydroxyl groups is 1. The van der Waals surface area contributed by atoms with Crippen LogP contribution in [0.25, 0.3) is 0 Å². The van der Waals surface area contributed by atoms with E-state index in [1.165, 1.54) is 18.7 Å². The van der Waals surface area contributed by atoms with Gasteiger partial charge in [-0.15, -0.1) is 0 Å². The fourth-order valence-corrected chi connectivity index (χ4v) is 3.26. The molecule has 0 aromatic heterocycles. The first-order chi connectivity index (χ1) is 15.3. The zero-order valence-corrected chi connectivity index (χ0v) is 20.2. The molecule has 0 spiro atoms. The van der Waals surface area contributed by atoms with Gasteiger partial charge in [-0.1, -0.05) is 20.3 Å². The Kier molecular flexibility index (Phi) is 14.3. The molecule has 13 heteroatoms. The van der Waals surface area contributed by atoms with Crippen molar-refractivity contribution in [1.82, 2.24) is 16.0 Å². The minimum Gasteiger partial charge on any atom is -0.481 e. The number of nitrogens with one attached hydrogen (secondary N) is 3. The number of hydrogen-bond donors (Lipinski definition) is 7. The second kappa shape index (κ2) is 15.5. The number of rotatable bonds is 16. The number of aliphatic carboxylic acids is 2. The van der Waals surface area contributed by atoms with Crippen molar-refractivity contribution in [3.05, 3.63) is 0 Å². The molecule has 0 saturated heterocycles. The second-order valence-corrected chi connectivity index (χ2v) is 8.80. The Labute approximate surface area is 197 Å². The summed E-state index contributed by atoms with van der Waals surface area (Å²) in [7, 11) is 0. The van der Waals surface area contributed by atoms with Crippen LogP contribution in [-0.2, 0) is 24.0 Å². The van der Waals surface area contributed by atoms with Gasteiger partial charge in [-0.3, -0.25) is 19.2 Å². The van der Waals surface area contributed by atoms with Crippen LogP contribution in [0, 0.1) is 5.92 Å². The average Bonchev–Trinajstić information content (AvgIpc) is 2.74. The maximum absolute atomic E-state index is 12.9. The van der Waals surface area contributed by atoms with Crippen LogP contribution in [0.15, 0.2) is 0 Å². The van der Waals surface area contributed by atoms with E-state index in [-0.39, 0.29) is 12.3 Å². The zero-order valence-electron chi connectivity index (χ0n) is 19.4. The summed E-state index contributed by atoms with van der Waals surface area (Å²) in [5, 5.41) is 35.1. The highest BCUT2D eigenvalue weighted by Crippen LogP contribution is 2.10. The summed E-state index contributed by atoms with van der Waals surface area (Å²) >= 11 is 1.52. The average molecular weight is 493 g/mol. The quantitative estimate of drug-likeness (QED) is 0.138. The Morgan fingerprint density at radius 2 is 1.45 bits per heavy atom. The molecule has 8 N–H and O–H groups in total. The van der Waals surface area contributed by atoms with Crippen LogP contribution in [-0.4, -0.2) is 87.3 Å². The van der Waals surface area contributed by atoms with Gasteiger partial charge in [0.1, 0.15) is 18.1 Å². The van der Waals surface area contributed by atoms with Gasteiger partial charge in [0, 0.05) is 6.42 Å². The molecule has 6 unspecified atom stereocenters. The molecule has 0 aliphatic carbocycles. The van der Waals surface area contributed by atoms with Crippen molar-refractivity contribution in [2.75, 3.05) is 12.0 Å². The van der Waals surface area contributed by atoms with E-state index in [2.05, 4.69) is 16.0 Å². The molecule has 3 amide bonds. The molecule has 33 heavy (non-hydrogen) atoms. The lowest BCUT2D eigenvalue weighted by atomic mass is 9.97. The molecular formula is C20H36N4O8S. The van der Waals surface area contributed by atoms with Crippen LogP contribution >= 0.6 is 11.8 Å². The fraction of sp³-hybridized carbons (Fsp3) is 0.750. The summed E-state index contributed by atoms with van der Waals surface area (Å²) in [6.07, 6.45) is 0.518. The highest BCUT2D eigenvalue weighted by Gasteiger charge is 2.34. The summed E-state index contributed by atoms with van der Waals surface area (Å²) < 4.78 is 0. The Bertz CT molecular complexity index is 691. The van der Waals surface area contributed by atoms with Gasteiger partial charge in [-0.25, -0.2) is 4.79 Å². The Morgan fingerprint density at radius 1 is 0.909 bits per heavy atom. The van der Waals surface area contributed by atoms with E-state index in [1.807, 2.05) is 13.2 Å². The molecule has 0 radical (unpaired) electrons. The van der Waals surface area contributed by atoms with Crippen molar-refractivity contribution in [2.45, 2.75) is 76.7 Å². The first kappa shape index (κ1) is 30.6. The van der Waals surface area contributed by atoms with Crippen LogP contribution in [0.5, 0.6) is 0 Å². The molecule has 190 valence electrons. The van der Waals surface area contributed by atoms with E-state index in [1.54, 1.807) is 6.92 Å². The first-order valence-corrected chi connectivity index (χ1v) is 12.0. The lowest BCUT2D eigenvalue weighted by molar-refractivity contribution is -0.144. The summed E-state index contributed by atoms with van der Waals surface area (Å²) in [4.78, 5) is 60.0. The monoisotopic (exact) mass is 492 g/mol. The number of hydrogen-bond acceptors (Lipinski definition) is 8. The normalized spacial score (nSPS) is 16.4. The van der Waals surface area contributed by atoms with Gasteiger partial charge in [0.2, 0.25) is 17.7 Å². The molecule has 0 saturated carbocycles. The predicted molar refractivity (Wildman–Crippen MR) is 122 cm³/mol. The van der Waals surface area contributed by atoms with E-state index in [0.29, 0.717) is 18.6 Å². The maximum Gasteiger partial charge on any atom is 0.326 e. The van der Waals surface area contributed by atoms with Gasteiger partial charge in [0.15, 0.2) is 0 Å². The molecule has 6 atom stereocenters. The molecule has 0 aromatic rings. The lowest BCUT2D eigenvalue weighted by Crippen LogP contribution is -2.61. The van der Waals surface area contributed by atoms with Crippen LogP contribution < -0.4 is 21.7 Å². The van der Waals surface area contributed by atoms with Crippen molar-refractivity contribution in [3.8, 4) is 0 Å². The molecule has 0 aliphatic heterocycles. The molecular weight excluding hydrogens is 456 g/mol. The fourth-order valence-electron chi connectivity index (χ4n) is 2.77. The molecule has 0 rings (SSSR count). The number of thioether (sulfide) groups is 1. The molecule has 0 bridgehead atoms. The standard InChI is InChI=1S/C20H36N4O8S/c1-5-10(2)15(23-17(28)12(21)8-9-33-4)18(29)24-16(11(3)25)19(30)22-13(20(31)32)6-7-14(26)27/h10-13,15-16,25H,5-9,21H2,1-4H3,(H,22,30)(H,23,28)(H,24,29)(H,26,27)(H,31,32). The molecule has 0 aromatic carbocycles. The van der Waals surface area contributed by atoms with Crippen molar-refractivity contribution >= 4 is 41.4 Å². The van der Waals surface area contributed by atoms with Crippen LogP contribution in [0.4, 0.5) is 0 Å². The van der Waals surface area contributed by atoms with E-state index in [0.717, 1.165) is 0 Å². The highest BCUT2D eigenvalue weighted by atomic mass is 32.2. The van der Waals surface area contributed by atoms with Crippen molar-refractivity contribution in [1.29, 1.82) is 0 Å². The van der Waals surface area contributed by atoms with E-state index < -0.39 is 66.4 Å². The number of carboxylic acids is 2. The third kappa shape index (κ3) is 11.3. The number of nitrogens with two attached hydrogens (primary N) is 1. The molecule has 12 nitrogen and oxygen atoms in total. The van der Waals surface area contributed by atoms with E-state index >= 15 is 0 Å². The van der Waals surface area contributed by atoms with Crippen molar-refractivity contribution in [3.63, 3.8) is 0 Å². The van der Waals surface area contributed by atoms with Gasteiger partial charge >= 0.3 is 11.9 Å². The second-order valence-electron chi connectivity index (χ2n) is 7.82. The van der Waals surface area contributed by atoms with Crippen LogP contribution in [0.1, 0.15) is 46.5 Å². The van der Waals surface area contributed by atoms with E-state index in [4.69, 9.17) is 10.8 Å². The number of carbonyl (C=O) groups excluding carboxylic acids is 3. The van der Waals surface area contributed by atoms with E-state index in [9.17, 15) is 34.2 Å². The van der Waals surface area contributed by atoms with Gasteiger partial charge in [0.05, 0.1) is 12.1 Å². The van der Waals surface area contributed by atoms with Crippen LogP contribution in [0.3, 0.4) is 0 Å². The summed E-state index contributed by atoms with van der Waals surface area (Å²) in [6, 6.07) is -4.92.